The number of ether oxygens (including phenoxy) is 1. The zero-order chi connectivity index (χ0) is 22.5. The minimum absolute atomic E-state index is 0.0103. The molecule has 9 heteroatoms. The summed E-state index contributed by atoms with van der Waals surface area (Å²) in [6, 6.07) is 15.8. The summed E-state index contributed by atoms with van der Waals surface area (Å²) in [5.74, 6) is -0.143. The van der Waals surface area contributed by atoms with Gasteiger partial charge in [-0.3, -0.25) is 4.79 Å². The van der Waals surface area contributed by atoms with E-state index in [1.165, 1.54) is 24.0 Å². The molecule has 0 aliphatic carbocycles. The first-order valence-corrected chi connectivity index (χ1v) is 9.31. The average molecular weight is 413 g/mol. The van der Waals surface area contributed by atoms with Crippen molar-refractivity contribution in [3.63, 3.8) is 0 Å². The number of anilines is 4. The van der Waals surface area contributed by atoms with Gasteiger partial charge in [0, 0.05) is 24.6 Å². The molecular formula is C22H19N7O2. The molecule has 0 atom stereocenters. The van der Waals surface area contributed by atoms with Gasteiger partial charge in [-0.25, -0.2) is 9.88 Å². The number of hydrogen-bond acceptors (Lipinski definition) is 8. The molecule has 4 N–H and O–H groups in total. The van der Waals surface area contributed by atoms with Gasteiger partial charge in [0.1, 0.15) is 34.9 Å². The molecule has 1 amide bonds. The van der Waals surface area contributed by atoms with Gasteiger partial charge in [-0.1, -0.05) is 30.3 Å². The summed E-state index contributed by atoms with van der Waals surface area (Å²) in [7, 11) is 0. The summed E-state index contributed by atoms with van der Waals surface area (Å²) in [5, 5.41) is 18.9. The SMILES string of the molecule is CCOc1nc(N(C(C)=O)c2cc(N)c(C#N)c(-c3ccccc3)n2)cc(N)c1C#N. The zero-order valence-electron chi connectivity index (χ0n) is 17.0. The number of amides is 1. The first-order chi connectivity index (χ1) is 14.9. The predicted molar refractivity (Wildman–Crippen MR) is 116 cm³/mol. The van der Waals surface area contributed by atoms with Crippen LogP contribution in [0.15, 0.2) is 42.5 Å². The van der Waals surface area contributed by atoms with Crippen LogP contribution in [0.4, 0.5) is 23.0 Å². The predicted octanol–water partition coefficient (Wildman–Crippen LogP) is 3.13. The molecule has 0 bridgehead atoms. The van der Waals surface area contributed by atoms with Crippen molar-refractivity contribution < 1.29 is 9.53 Å². The van der Waals surface area contributed by atoms with E-state index in [1.807, 2.05) is 12.1 Å². The molecule has 9 nitrogen and oxygen atoms in total. The van der Waals surface area contributed by atoms with E-state index in [0.717, 1.165) is 0 Å². The number of benzene rings is 1. The van der Waals surface area contributed by atoms with E-state index >= 15 is 0 Å². The Balaban J connectivity index is 2.25. The van der Waals surface area contributed by atoms with Gasteiger partial charge in [-0.15, -0.1) is 0 Å². The van der Waals surface area contributed by atoms with E-state index in [9.17, 15) is 15.3 Å². The van der Waals surface area contributed by atoms with Crippen LogP contribution >= 0.6 is 0 Å². The third kappa shape index (κ3) is 4.07. The summed E-state index contributed by atoms with van der Waals surface area (Å²) >= 11 is 0. The van der Waals surface area contributed by atoms with Crippen molar-refractivity contribution >= 4 is 28.9 Å². The largest absolute Gasteiger partial charge is 0.477 e. The van der Waals surface area contributed by atoms with Gasteiger partial charge in [0.05, 0.1) is 23.7 Å². The Labute approximate surface area is 179 Å². The molecule has 0 saturated heterocycles. The molecule has 1 aromatic carbocycles. The number of hydrogen-bond donors (Lipinski definition) is 2. The topological polar surface area (TPSA) is 155 Å². The number of carbonyl (C=O) groups is 1. The van der Waals surface area contributed by atoms with Crippen molar-refractivity contribution in [1.29, 1.82) is 10.5 Å². The van der Waals surface area contributed by atoms with Gasteiger partial charge in [-0.2, -0.15) is 15.5 Å². The Kier molecular flexibility index (Phi) is 5.99. The molecule has 2 heterocycles. The molecule has 3 aromatic rings. The van der Waals surface area contributed by atoms with E-state index in [0.29, 0.717) is 11.3 Å². The third-order valence-electron chi connectivity index (χ3n) is 4.36. The van der Waals surface area contributed by atoms with Crippen molar-refractivity contribution in [2.24, 2.45) is 0 Å². The van der Waals surface area contributed by atoms with Crippen molar-refractivity contribution in [3.05, 3.63) is 53.6 Å². The van der Waals surface area contributed by atoms with Crippen molar-refractivity contribution in [1.82, 2.24) is 9.97 Å². The maximum atomic E-state index is 12.6. The minimum Gasteiger partial charge on any atom is -0.477 e. The summed E-state index contributed by atoms with van der Waals surface area (Å²) in [6.45, 7) is 3.32. The van der Waals surface area contributed by atoms with E-state index < -0.39 is 5.91 Å². The maximum absolute atomic E-state index is 12.6. The number of nitrogens with two attached hydrogens (primary N) is 2. The van der Waals surface area contributed by atoms with Gasteiger partial charge in [0.15, 0.2) is 0 Å². The zero-order valence-corrected chi connectivity index (χ0v) is 17.0. The molecule has 2 aromatic heterocycles. The molecule has 154 valence electrons. The number of carbonyl (C=O) groups excluding carboxylic acids is 1. The molecule has 0 unspecified atom stereocenters. The number of nitrogen functional groups attached to an aromatic ring is 2. The number of nitrogens with zero attached hydrogens (tertiary/aromatic N) is 5. The van der Waals surface area contributed by atoms with Crippen molar-refractivity contribution in [2.45, 2.75) is 13.8 Å². The van der Waals surface area contributed by atoms with Crippen LogP contribution in [0.25, 0.3) is 11.3 Å². The second kappa shape index (κ2) is 8.80. The highest BCUT2D eigenvalue weighted by Crippen LogP contribution is 2.34. The smallest absolute Gasteiger partial charge is 0.235 e. The number of nitriles is 2. The van der Waals surface area contributed by atoms with Crippen molar-refractivity contribution in [3.8, 4) is 29.3 Å². The second-order valence-corrected chi connectivity index (χ2v) is 6.42. The standard InChI is InChI=1S/C22H19N7O2/c1-3-31-22-16(12-24)18(26)10-20(28-22)29(13(2)30)19-9-17(25)15(11-23)21(27-19)14-7-5-4-6-8-14/h4-10H,3H2,1-2H3,(H2,25,27)(H2,26,28). The van der Waals surface area contributed by atoms with Crippen LogP contribution in [0.3, 0.4) is 0 Å². The molecule has 0 saturated carbocycles. The number of pyridine rings is 2. The molecule has 3 rings (SSSR count). The van der Waals surface area contributed by atoms with Crippen LogP contribution in [0.1, 0.15) is 25.0 Å². The van der Waals surface area contributed by atoms with Gasteiger partial charge < -0.3 is 16.2 Å². The Hall–Kier alpha value is -4.63. The lowest BCUT2D eigenvalue weighted by Crippen LogP contribution is -2.26. The number of aromatic nitrogens is 2. The quantitative estimate of drug-likeness (QED) is 0.646. The summed E-state index contributed by atoms with van der Waals surface area (Å²) < 4.78 is 5.43. The lowest BCUT2D eigenvalue weighted by atomic mass is 10.0. The third-order valence-corrected chi connectivity index (χ3v) is 4.36. The van der Waals surface area contributed by atoms with E-state index in [1.54, 1.807) is 31.2 Å². The van der Waals surface area contributed by atoms with Gasteiger partial charge >= 0.3 is 0 Å². The Bertz CT molecular complexity index is 1230. The molecule has 31 heavy (non-hydrogen) atoms. The highest BCUT2D eigenvalue weighted by molar-refractivity contribution is 5.99. The van der Waals surface area contributed by atoms with E-state index in [4.69, 9.17) is 16.2 Å². The monoisotopic (exact) mass is 413 g/mol. The van der Waals surface area contributed by atoms with Crippen LogP contribution < -0.4 is 21.1 Å². The van der Waals surface area contributed by atoms with Crippen LogP contribution in [0.2, 0.25) is 0 Å². The van der Waals surface area contributed by atoms with Crippen LogP contribution in [-0.2, 0) is 4.79 Å². The Morgan fingerprint density at radius 3 is 2.16 bits per heavy atom. The van der Waals surface area contributed by atoms with Gasteiger partial charge in [0.2, 0.25) is 11.8 Å². The molecule has 0 aliphatic heterocycles. The molecule has 0 spiro atoms. The fourth-order valence-corrected chi connectivity index (χ4v) is 3.02. The molecule has 0 aliphatic rings. The molecule has 0 fully saturated rings. The summed E-state index contributed by atoms with van der Waals surface area (Å²) in [5.41, 5.74) is 13.7. The normalized spacial score (nSPS) is 10.1. The highest BCUT2D eigenvalue weighted by Gasteiger charge is 2.24. The summed E-state index contributed by atoms with van der Waals surface area (Å²) in [4.78, 5) is 22.6. The maximum Gasteiger partial charge on any atom is 0.235 e. The van der Waals surface area contributed by atoms with E-state index in [2.05, 4.69) is 16.0 Å². The lowest BCUT2D eigenvalue weighted by Gasteiger charge is -2.22. The van der Waals surface area contributed by atoms with Crippen molar-refractivity contribution in [2.75, 3.05) is 23.0 Å². The van der Waals surface area contributed by atoms with Crippen LogP contribution in [-0.4, -0.2) is 22.5 Å². The first-order valence-electron chi connectivity index (χ1n) is 9.31. The fraction of sp³-hybridized carbons (Fsp3) is 0.136. The molecule has 0 radical (unpaired) electrons. The minimum atomic E-state index is -0.422. The number of rotatable bonds is 5. The highest BCUT2D eigenvalue weighted by atomic mass is 16.5. The lowest BCUT2D eigenvalue weighted by molar-refractivity contribution is -0.115. The van der Waals surface area contributed by atoms with Gasteiger partial charge in [0.25, 0.3) is 0 Å². The summed E-state index contributed by atoms with van der Waals surface area (Å²) in [6.07, 6.45) is 0. The second-order valence-electron chi connectivity index (χ2n) is 6.42. The fourth-order valence-electron chi connectivity index (χ4n) is 3.02. The van der Waals surface area contributed by atoms with Crippen LogP contribution in [0, 0.1) is 22.7 Å². The Morgan fingerprint density at radius 2 is 1.61 bits per heavy atom. The van der Waals surface area contributed by atoms with Crippen LogP contribution in [0.5, 0.6) is 5.88 Å². The Morgan fingerprint density at radius 1 is 1.03 bits per heavy atom. The van der Waals surface area contributed by atoms with E-state index in [-0.39, 0.29) is 46.6 Å². The average Bonchev–Trinajstić information content (AvgIpc) is 2.74. The van der Waals surface area contributed by atoms with Gasteiger partial charge in [-0.05, 0) is 6.92 Å². The molecular weight excluding hydrogens is 394 g/mol. The first kappa shape index (κ1) is 21.1.